The Labute approximate surface area is 120 Å². The molecule has 0 aliphatic rings. The molecule has 0 saturated carbocycles. The van der Waals surface area contributed by atoms with Crippen molar-refractivity contribution in [3.8, 4) is 0 Å². The van der Waals surface area contributed by atoms with E-state index in [2.05, 4.69) is 20.6 Å². The fourth-order valence-corrected chi connectivity index (χ4v) is 1.48. The topological polar surface area (TPSA) is 92.9 Å². The fraction of sp³-hybridized carbons (Fsp3) is 0.583. The molecule has 1 aromatic heterocycles. The Morgan fingerprint density at radius 2 is 2.00 bits per heavy atom. The summed E-state index contributed by atoms with van der Waals surface area (Å²) < 4.78 is 38.3. The highest BCUT2D eigenvalue weighted by Gasteiger charge is 2.33. The van der Waals surface area contributed by atoms with E-state index in [9.17, 15) is 18.0 Å². The van der Waals surface area contributed by atoms with Crippen molar-refractivity contribution in [3.63, 3.8) is 0 Å². The Hall–Kier alpha value is -2.06. The quantitative estimate of drug-likeness (QED) is 0.639. The molecule has 0 atom stereocenters. The van der Waals surface area contributed by atoms with Gasteiger partial charge in [0.15, 0.2) is 5.69 Å². The van der Waals surface area contributed by atoms with Gasteiger partial charge in [-0.25, -0.2) is 4.98 Å². The number of halogens is 3. The Morgan fingerprint density at radius 3 is 2.57 bits per heavy atom. The lowest BCUT2D eigenvalue weighted by molar-refractivity contribution is -0.141. The number of anilines is 2. The van der Waals surface area contributed by atoms with Gasteiger partial charge in [-0.15, -0.1) is 0 Å². The summed E-state index contributed by atoms with van der Waals surface area (Å²) in [5.41, 5.74) is 3.96. The molecular formula is C12H18F3N5O. The molecular weight excluding hydrogens is 287 g/mol. The van der Waals surface area contributed by atoms with E-state index in [0.29, 0.717) is 19.5 Å². The maximum atomic E-state index is 12.8. The van der Waals surface area contributed by atoms with Crippen molar-refractivity contribution in [1.29, 1.82) is 0 Å². The van der Waals surface area contributed by atoms with Crippen LogP contribution in [0.25, 0.3) is 0 Å². The van der Waals surface area contributed by atoms with Crippen LogP contribution in [0.1, 0.15) is 31.9 Å². The lowest BCUT2D eigenvalue weighted by Gasteiger charge is -2.12. The molecule has 1 heterocycles. The molecule has 9 heteroatoms. The van der Waals surface area contributed by atoms with Crippen LogP contribution in [-0.2, 0) is 11.0 Å². The van der Waals surface area contributed by atoms with Crippen molar-refractivity contribution in [3.05, 3.63) is 11.8 Å². The van der Waals surface area contributed by atoms with Gasteiger partial charge in [0.1, 0.15) is 5.82 Å². The lowest BCUT2D eigenvalue weighted by atomic mass is 10.3. The van der Waals surface area contributed by atoms with Crippen LogP contribution < -0.4 is 16.4 Å². The summed E-state index contributed by atoms with van der Waals surface area (Å²) in [5, 5.41) is 5.45. The van der Waals surface area contributed by atoms with Gasteiger partial charge < -0.3 is 16.4 Å². The number of nitrogens with two attached hydrogens (primary N) is 1. The Balaban J connectivity index is 2.78. The molecule has 0 aromatic carbocycles. The highest BCUT2D eigenvalue weighted by Crippen LogP contribution is 2.29. The molecule has 0 fully saturated rings. The van der Waals surface area contributed by atoms with Crippen molar-refractivity contribution in [2.75, 3.05) is 23.7 Å². The zero-order chi connectivity index (χ0) is 15.9. The van der Waals surface area contributed by atoms with Crippen LogP contribution >= 0.6 is 0 Å². The third-order valence-electron chi connectivity index (χ3n) is 2.46. The minimum atomic E-state index is -4.55. The maximum Gasteiger partial charge on any atom is 0.433 e. The van der Waals surface area contributed by atoms with Crippen molar-refractivity contribution >= 4 is 17.7 Å². The van der Waals surface area contributed by atoms with Crippen LogP contribution in [0.4, 0.5) is 24.9 Å². The third kappa shape index (κ3) is 6.28. The second-order valence-corrected chi connectivity index (χ2v) is 4.38. The van der Waals surface area contributed by atoms with Crippen molar-refractivity contribution in [1.82, 2.24) is 9.97 Å². The van der Waals surface area contributed by atoms with E-state index in [0.717, 1.165) is 12.5 Å². The number of amides is 1. The molecule has 21 heavy (non-hydrogen) atoms. The van der Waals surface area contributed by atoms with Gasteiger partial charge in [-0.3, -0.25) is 4.79 Å². The van der Waals surface area contributed by atoms with Crippen LogP contribution in [0.5, 0.6) is 0 Å². The largest absolute Gasteiger partial charge is 0.433 e. The Morgan fingerprint density at radius 1 is 1.29 bits per heavy atom. The first kappa shape index (κ1) is 17.0. The average molecular weight is 305 g/mol. The predicted octanol–water partition coefficient (Wildman–Crippen LogP) is 1.99. The molecule has 0 aliphatic carbocycles. The van der Waals surface area contributed by atoms with E-state index >= 15 is 0 Å². The van der Waals surface area contributed by atoms with Gasteiger partial charge >= 0.3 is 6.18 Å². The third-order valence-corrected chi connectivity index (χ3v) is 2.46. The summed E-state index contributed by atoms with van der Waals surface area (Å²) in [6.07, 6.45) is -3.24. The van der Waals surface area contributed by atoms with E-state index in [-0.39, 0.29) is 18.2 Å². The molecule has 1 aromatic rings. The van der Waals surface area contributed by atoms with E-state index in [1.807, 2.05) is 6.92 Å². The molecule has 1 rings (SSSR count). The number of hydrogen-bond donors (Lipinski definition) is 3. The van der Waals surface area contributed by atoms with Gasteiger partial charge in [-0.2, -0.15) is 18.2 Å². The molecule has 0 radical (unpaired) electrons. The minimum absolute atomic E-state index is 0.0559. The molecule has 6 nitrogen and oxygen atoms in total. The molecule has 0 bridgehead atoms. The van der Waals surface area contributed by atoms with Crippen LogP contribution in [0, 0.1) is 0 Å². The summed E-state index contributed by atoms with van der Waals surface area (Å²) in [7, 11) is 0. The highest BCUT2D eigenvalue weighted by atomic mass is 19.4. The first-order valence-electron chi connectivity index (χ1n) is 6.55. The van der Waals surface area contributed by atoms with E-state index < -0.39 is 17.8 Å². The average Bonchev–Trinajstić information content (AvgIpc) is 2.40. The zero-order valence-corrected chi connectivity index (χ0v) is 11.6. The SMILES string of the molecule is CCCNc1nc(NCCCC(N)=O)cc(C(F)(F)F)n1. The van der Waals surface area contributed by atoms with Crippen molar-refractivity contribution in [2.45, 2.75) is 32.4 Å². The van der Waals surface area contributed by atoms with E-state index in [4.69, 9.17) is 5.73 Å². The molecule has 1 amide bonds. The molecule has 4 N–H and O–H groups in total. The van der Waals surface area contributed by atoms with Crippen LogP contribution in [-0.4, -0.2) is 29.0 Å². The number of alkyl halides is 3. The number of carbonyl (C=O) groups is 1. The summed E-state index contributed by atoms with van der Waals surface area (Å²) in [5.74, 6) is -0.481. The van der Waals surface area contributed by atoms with E-state index in [1.165, 1.54) is 0 Å². The first-order chi connectivity index (χ1) is 9.82. The van der Waals surface area contributed by atoms with Crippen LogP contribution in [0.3, 0.4) is 0 Å². The normalized spacial score (nSPS) is 11.2. The van der Waals surface area contributed by atoms with Gasteiger partial charge in [-0.1, -0.05) is 6.92 Å². The molecule has 0 aliphatic heterocycles. The van der Waals surface area contributed by atoms with Gasteiger partial charge in [0.2, 0.25) is 11.9 Å². The molecule has 0 unspecified atom stereocenters. The monoisotopic (exact) mass is 305 g/mol. The lowest BCUT2D eigenvalue weighted by Crippen LogP contribution is -2.16. The Kier molecular flexibility index (Phi) is 6.19. The summed E-state index contributed by atoms with van der Waals surface area (Å²) >= 11 is 0. The van der Waals surface area contributed by atoms with Gasteiger partial charge in [-0.05, 0) is 12.8 Å². The number of nitrogens with one attached hydrogen (secondary N) is 2. The summed E-state index contributed by atoms with van der Waals surface area (Å²) in [6.45, 7) is 2.65. The van der Waals surface area contributed by atoms with Gasteiger partial charge in [0, 0.05) is 25.6 Å². The first-order valence-corrected chi connectivity index (χ1v) is 6.55. The number of carbonyl (C=O) groups excluding carboxylic acids is 1. The molecule has 0 saturated heterocycles. The summed E-state index contributed by atoms with van der Waals surface area (Å²) in [6, 6.07) is 0.835. The zero-order valence-electron chi connectivity index (χ0n) is 11.6. The number of aromatic nitrogens is 2. The highest BCUT2D eigenvalue weighted by molar-refractivity contribution is 5.73. The van der Waals surface area contributed by atoms with Gasteiger partial charge in [0.25, 0.3) is 0 Å². The fourth-order valence-electron chi connectivity index (χ4n) is 1.48. The van der Waals surface area contributed by atoms with Crippen molar-refractivity contribution < 1.29 is 18.0 Å². The van der Waals surface area contributed by atoms with Crippen LogP contribution in [0.2, 0.25) is 0 Å². The summed E-state index contributed by atoms with van der Waals surface area (Å²) in [4.78, 5) is 18.0. The number of primary amides is 1. The number of nitrogens with zero attached hydrogens (tertiary/aromatic N) is 2. The van der Waals surface area contributed by atoms with E-state index in [1.54, 1.807) is 0 Å². The predicted molar refractivity (Wildman–Crippen MR) is 72.7 cm³/mol. The smallest absolute Gasteiger partial charge is 0.370 e. The number of rotatable bonds is 8. The second kappa shape index (κ2) is 7.65. The Bertz CT molecular complexity index is 478. The second-order valence-electron chi connectivity index (χ2n) is 4.38. The standard InChI is InChI=1S/C12H18F3N5O/c1-2-5-18-11-19-8(12(13,14)15)7-10(20-11)17-6-3-4-9(16)21/h7H,2-6H2,1H3,(H2,16,21)(H2,17,18,19,20). The van der Waals surface area contributed by atoms with Crippen LogP contribution in [0.15, 0.2) is 6.07 Å². The molecule has 0 spiro atoms. The van der Waals surface area contributed by atoms with Crippen molar-refractivity contribution in [2.24, 2.45) is 5.73 Å². The number of hydrogen-bond acceptors (Lipinski definition) is 5. The minimum Gasteiger partial charge on any atom is -0.370 e. The van der Waals surface area contributed by atoms with Gasteiger partial charge in [0.05, 0.1) is 0 Å². The molecule has 118 valence electrons. The maximum absolute atomic E-state index is 12.8.